The minimum Gasteiger partial charge on any atom is -0.450 e. The second kappa shape index (κ2) is 8.53. The van der Waals surface area contributed by atoms with Crippen molar-refractivity contribution in [3.05, 3.63) is 0 Å². The zero-order valence-corrected chi connectivity index (χ0v) is 10.5. The molecular weight excluding hydrogens is 192 g/mol. The molecule has 4 heteroatoms. The van der Waals surface area contributed by atoms with Gasteiger partial charge in [-0.2, -0.15) is 0 Å². The maximum atomic E-state index is 11.3. The van der Waals surface area contributed by atoms with Crippen LogP contribution in [0.15, 0.2) is 0 Å². The van der Waals surface area contributed by atoms with Crippen molar-refractivity contribution in [3.8, 4) is 0 Å². The molecule has 1 heterocycles. The number of likely N-dealkylation sites (N-methyl/N-ethyl adjacent to an activating group) is 1. The summed E-state index contributed by atoms with van der Waals surface area (Å²) in [5.41, 5.74) is 0. The number of nitrogens with zero attached hydrogens (tertiary/aromatic N) is 2. The molecule has 0 unspecified atom stereocenters. The molecule has 1 aliphatic rings. The molecule has 0 spiro atoms. The third-order valence-corrected chi connectivity index (χ3v) is 2.25. The molecule has 90 valence electrons. The van der Waals surface area contributed by atoms with Crippen LogP contribution in [0, 0.1) is 0 Å². The minimum atomic E-state index is -0.169. The zero-order valence-electron chi connectivity index (χ0n) is 10.5. The fourth-order valence-electron chi connectivity index (χ4n) is 1.44. The van der Waals surface area contributed by atoms with Crippen LogP contribution < -0.4 is 0 Å². The summed E-state index contributed by atoms with van der Waals surface area (Å²) in [5, 5.41) is 0. The van der Waals surface area contributed by atoms with Crippen LogP contribution in [0.1, 0.15) is 27.2 Å². The Labute approximate surface area is 93.2 Å². The van der Waals surface area contributed by atoms with Crippen molar-refractivity contribution in [1.29, 1.82) is 0 Å². The van der Waals surface area contributed by atoms with Gasteiger partial charge in [0.2, 0.25) is 0 Å². The molecule has 0 bridgehead atoms. The zero-order chi connectivity index (χ0) is 11.7. The molecule has 1 fully saturated rings. The van der Waals surface area contributed by atoms with Crippen LogP contribution in [-0.2, 0) is 4.74 Å². The van der Waals surface area contributed by atoms with E-state index in [-0.39, 0.29) is 6.09 Å². The summed E-state index contributed by atoms with van der Waals surface area (Å²) >= 11 is 0. The van der Waals surface area contributed by atoms with Gasteiger partial charge >= 0.3 is 6.09 Å². The van der Waals surface area contributed by atoms with Gasteiger partial charge in [-0.1, -0.05) is 13.8 Å². The lowest BCUT2D eigenvalue weighted by molar-refractivity contribution is 0.109. The quantitative estimate of drug-likeness (QED) is 0.670. The topological polar surface area (TPSA) is 32.8 Å². The third kappa shape index (κ3) is 5.62. The SMILES string of the molecule is CC.CCOC(=O)N1CCCN(C)CC1. The van der Waals surface area contributed by atoms with Crippen LogP contribution in [-0.4, -0.2) is 55.7 Å². The molecule has 1 aliphatic heterocycles. The van der Waals surface area contributed by atoms with Crippen LogP contribution in [0.4, 0.5) is 4.79 Å². The van der Waals surface area contributed by atoms with E-state index in [9.17, 15) is 4.79 Å². The van der Waals surface area contributed by atoms with Crippen molar-refractivity contribution in [2.45, 2.75) is 27.2 Å². The van der Waals surface area contributed by atoms with E-state index in [1.165, 1.54) is 0 Å². The molecule has 0 aromatic rings. The Morgan fingerprint density at radius 1 is 1.20 bits per heavy atom. The first kappa shape index (κ1) is 14.2. The molecule has 1 saturated heterocycles. The first-order valence-corrected chi connectivity index (χ1v) is 5.84. The Kier molecular flexibility index (Phi) is 8.09. The highest BCUT2D eigenvalue weighted by Crippen LogP contribution is 2.02. The number of ether oxygens (including phenoxy) is 1. The van der Waals surface area contributed by atoms with Crippen molar-refractivity contribution < 1.29 is 9.53 Å². The normalized spacial score (nSPS) is 17.5. The van der Waals surface area contributed by atoms with E-state index >= 15 is 0 Å². The van der Waals surface area contributed by atoms with E-state index in [0.717, 1.165) is 32.6 Å². The first-order valence-electron chi connectivity index (χ1n) is 5.84. The largest absolute Gasteiger partial charge is 0.450 e. The summed E-state index contributed by atoms with van der Waals surface area (Å²) in [6.07, 6.45) is 0.868. The molecule has 0 radical (unpaired) electrons. The number of hydrogen-bond donors (Lipinski definition) is 0. The van der Waals surface area contributed by atoms with E-state index in [0.29, 0.717) is 6.61 Å². The van der Waals surface area contributed by atoms with E-state index in [1.807, 2.05) is 20.8 Å². The molecule has 15 heavy (non-hydrogen) atoms. The van der Waals surface area contributed by atoms with Gasteiger partial charge in [0, 0.05) is 19.6 Å². The number of amides is 1. The molecule has 1 amide bonds. The summed E-state index contributed by atoms with van der Waals surface area (Å²) in [5.74, 6) is 0. The molecule has 0 atom stereocenters. The molecular formula is C11H24N2O2. The smallest absolute Gasteiger partial charge is 0.409 e. The van der Waals surface area contributed by atoms with Gasteiger partial charge in [-0.05, 0) is 26.9 Å². The van der Waals surface area contributed by atoms with Gasteiger partial charge in [0.25, 0.3) is 0 Å². The van der Waals surface area contributed by atoms with Gasteiger partial charge in [0.15, 0.2) is 0 Å². The van der Waals surface area contributed by atoms with Gasteiger partial charge < -0.3 is 14.5 Å². The predicted molar refractivity (Wildman–Crippen MR) is 62.1 cm³/mol. The number of rotatable bonds is 1. The average molecular weight is 216 g/mol. The van der Waals surface area contributed by atoms with Crippen LogP contribution in [0.5, 0.6) is 0 Å². The lowest BCUT2D eigenvalue weighted by Crippen LogP contribution is -2.34. The van der Waals surface area contributed by atoms with Gasteiger partial charge in [-0.3, -0.25) is 0 Å². The standard InChI is InChI=1S/C9H18N2O2.C2H6/c1-3-13-9(12)11-6-4-5-10(2)7-8-11;1-2/h3-8H2,1-2H3;1-2H3. The maximum Gasteiger partial charge on any atom is 0.409 e. The van der Waals surface area contributed by atoms with Crippen LogP contribution in [0.3, 0.4) is 0 Å². The predicted octanol–water partition coefficient (Wildman–Crippen LogP) is 1.81. The summed E-state index contributed by atoms with van der Waals surface area (Å²) in [6, 6.07) is 0. The Morgan fingerprint density at radius 2 is 1.87 bits per heavy atom. The molecule has 0 aromatic carbocycles. The lowest BCUT2D eigenvalue weighted by Gasteiger charge is -2.19. The fourth-order valence-corrected chi connectivity index (χ4v) is 1.44. The molecule has 0 saturated carbocycles. The van der Waals surface area contributed by atoms with Gasteiger partial charge in [-0.15, -0.1) is 0 Å². The highest BCUT2D eigenvalue weighted by Gasteiger charge is 2.17. The summed E-state index contributed by atoms with van der Waals surface area (Å²) in [6.45, 7) is 9.92. The molecule has 0 aromatic heterocycles. The second-order valence-electron chi connectivity index (χ2n) is 3.34. The lowest BCUT2D eigenvalue weighted by atomic mass is 10.4. The van der Waals surface area contributed by atoms with Crippen LogP contribution in [0.2, 0.25) is 0 Å². The number of carbonyl (C=O) groups is 1. The van der Waals surface area contributed by atoms with Gasteiger partial charge in [-0.25, -0.2) is 4.79 Å². The molecule has 0 N–H and O–H groups in total. The number of hydrogen-bond acceptors (Lipinski definition) is 3. The second-order valence-corrected chi connectivity index (χ2v) is 3.34. The first-order chi connectivity index (χ1) is 7.24. The van der Waals surface area contributed by atoms with E-state index in [1.54, 1.807) is 4.90 Å². The highest BCUT2D eigenvalue weighted by atomic mass is 16.6. The monoisotopic (exact) mass is 216 g/mol. The van der Waals surface area contributed by atoms with Crippen LogP contribution >= 0.6 is 0 Å². The Bertz CT molecular complexity index is 174. The van der Waals surface area contributed by atoms with Crippen molar-refractivity contribution in [3.63, 3.8) is 0 Å². The van der Waals surface area contributed by atoms with E-state index in [4.69, 9.17) is 4.74 Å². The molecule has 1 rings (SSSR count). The Hall–Kier alpha value is -0.770. The average Bonchev–Trinajstić information content (AvgIpc) is 2.46. The van der Waals surface area contributed by atoms with Crippen molar-refractivity contribution >= 4 is 6.09 Å². The van der Waals surface area contributed by atoms with E-state index < -0.39 is 0 Å². The van der Waals surface area contributed by atoms with Crippen molar-refractivity contribution in [1.82, 2.24) is 9.80 Å². The number of carbonyl (C=O) groups excluding carboxylic acids is 1. The van der Waals surface area contributed by atoms with Crippen LogP contribution in [0.25, 0.3) is 0 Å². The van der Waals surface area contributed by atoms with Crippen molar-refractivity contribution in [2.24, 2.45) is 0 Å². The fraction of sp³-hybridized carbons (Fsp3) is 0.909. The molecule has 4 nitrogen and oxygen atoms in total. The van der Waals surface area contributed by atoms with E-state index in [2.05, 4.69) is 11.9 Å². The third-order valence-electron chi connectivity index (χ3n) is 2.25. The summed E-state index contributed by atoms with van der Waals surface area (Å²) < 4.78 is 4.94. The van der Waals surface area contributed by atoms with Crippen molar-refractivity contribution in [2.75, 3.05) is 39.8 Å². The highest BCUT2D eigenvalue weighted by molar-refractivity contribution is 5.67. The maximum absolute atomic E-state index is 11.3. The summed E-state index contributed by atoms with van der Waals surface area (Å²) in [7, 11) is 2.08. The summed E-state index contributed by atoms with van der Waals surface area (Å²) in [4.78, 5) is 15.4. The van der Waals surface area contributed by atoms with Gasteiger partial charge in [0.1, 0.15) is 0 Å². The Morgan fingerprint density at radius 3 is 2.47 bits per heavy atom. The Balaban J connectivity index is 0.000000921. The minimum absolute atomic E-state index is 0.169. The van der Waals surface area contributed by atoms with Gasteiger partial charge in [0.05, 0.1) is 6.61 Å². The molecule has 0 aliphatic carbocycles.